The molecule has 0 saturated carbocycles. The molecule has 9 rings (SSSR count). The first kappa shape index (κ1) is 29.8. The Morgan fingerprint density at radius 3 is 2.04 bits per heavy atom. The molecular formula is C46H36N4. The number of amidine groups is 2. The lowest BCUT2D eigenvalue weighted by Gasteiger charge is -2.33. The molecule has 240 valence electrons. The van der Waals surface area contributed by atoms with Gasteiger partial charge < -0.3 is 9.88 Å². The largest absolute Gasteiger partial charge is 0.328 e. The Kier molecular flexibility index (Phi) is 7.35. The van der Waals surface area contributed by atoms with Crippen LogP contribution < -0.4 is 5.32 Å². The number of para-hydroxylation sites is 1. The maximum atomic E-state index is 5.30. The Balaban J connectivity index is 1.17. The fourth-order valence-electron chi connectivity index (χ4n) is 7.30. The highest BCUT2D eigenvalue weighted by atomic mass is 15.2. The van der Waals surface area contributed by atoms with Crippen LogP contribution in [0.15, 0.2) is 186 Å². The molecule has 2 heterocycles. The maximum Gasteiger partial charge on any atom is 0.169 e. The Morgan fingerprint density at radius 2 is 1.26 bits per heavy atom. The van der Waals surface area contributed by atoms with Crippen molar-refractivity contribution in [1.29, 1.82) is 0 Å². The molecule has 4 heteroatoms. The number of aliphatic imine (C=N–C) groups is 2. The number of nitrogens with zero attached hydrogens (tertiary/aromatic N) is 3. The van der Waals surface area contributed by atoms with Gasteiger partial charge in [-0.2, -0.15) is 0 Å². The summed E-state index contributed by atoms with van der Waals surface area (Å²) in [5.74, 6) is 1.75. The van der Waals surface area contributed by atoms with Crippen LogP contribution in [0.4, 0.5) is 0 Å². The number of allylic oxidation sites excluding steroid dienone is 3. The van der Waals surface area contributed by atoms with Crippen molar-refractivity contribution in [3.05, 3.63) is 187 Å². The van der Waals surface area contributed by atoms with Gasteiger partial charge in [-0.3, -0.25) is 0 Å². The number of aromatic nitrogens is 1. The van der Waals surface area contributed by atoms with E-state index in [1.165, 1.54) is 38.5 Å². The van der Waals surface area contributed by atoms with Crippen LogP contribution in [0.25, 0.3) is 49.7 Å². The van der Waals surface area contributed by atoms with Crippen molar-refractivity contribution in [1.82, 2.24) is 9.88 Å². The Bertz CT molecular complexity index is 2500. The van der Waals surface area contributed by atoms with Gasteiger partial charge >= 0.3 is 0 Å². The average molecular weight is 645 g/mol. The van der Waals surface area contributed by atoms with Gasteiger partial charge in [-0.25, -0.2) is 9.98 Å². The van der Waals surface area contributed by atoms with E-state index < -0.39 is 0 Å². The van der Waals surface area contributed by atoms with E-state index in [0.717, 1.165) is 40.5 Å². The van der Waals surface area contributed by atoms with Gasteiger partial charge in [0.1, 0.15) is 11.7 Å². The molecule has 4 nitrogen and oxygen atoms in total. The minimum absolute atomic E-state index is 0.274. The molecule has 2 unspecified atom stereocenters. The van der Waals surface area contributed by atoms with Crippen LogP contribution in [0, 0.1) is 5.41 Å². The monoisotopic (exact) mass is 644 g/mol. The summed E-state index contributed by atoms with van der Waals surface area (Å²) in [4.78, 5) is 10.6. The first-order valence-corrected chi connectivity index (χ1v) is 17.3. The third-order valence-corrected chi connectivity index (χ3v) is 9.98. The van der Waals surface area contributed by atoms with Crippen molar-refractivity contribution in [2.24, 2.45) is 15.4 Å². The molecular weight excluding hydrogens is 609 g/mol. The van der Waals surface area contributed by atoms with Crippen LogP contribution in [0.1, 0.15) is 30.6 Å². The second-order valence-corrected chi connectivity index (χ2v) is 13.4. The maximum absolute atomic E-state index is 5.30. The summed E-state index contributed by atoms with van der Waals surface area (Å²) in [6, 6.07) is 54.0. The zero-order valence-corrected chi connectivity index (χ0v) is 27.9. The minimum Gasteiger partial charge on any atom is -0.328 e. The first-order chi connectivity index (χ1) is 24.6. The zero-order valence-electron chi connectivity index (χ0n) is 27.9. The number of hydrogen-bond acceptors (Lipinski definition) is 3. The van der Waals surface area contributed by atoms with E-state index >= 15 is 0 Å². The molecule has 1 aliphatic heterocycles. The predicted octanol–water partition coefficient (Wildman–Crippen LogP) is 11.1. The van der Waals surface area contributed by atoms with E-state index in [0.29, 0.717) is 0 Å². The Hall–Kier alpha value is -6.26. The highest BCUT2D eigenvalue weighted by molar-refractivity contribution is 6.13. The normalized spacial score (nSPS) is 18.5. The molecule has 0 radical (unpaired) electrons. The van der Waals surface area contributed by atoms with Gasteiger partial charge in [-0.1, -0.05) is 146 Å². The van der Waals surface area contributed by atoms with Gasteiger partial charge in [0.05, 0.1) is 11.0 Å². The highest BCUT2D eigenvalue weighted by Crippen LogP contribution is 2.37. The number of nitrogens with one attached hydrogen (secondary N) is 1. The standard InChI is InChI=1S/C46H36N4/c1-46(27-11-4-12-28-46)45-48-43(36-20-13-19-34(29-36)32-15-5-2-6-16-32)47-44(49-45)37-21-14-22-38(30-37)50-41-24-10-9-23-39(41)40-26-25-35(31-42(40)50)33-17-7-3-8-18-33/h2-27,29-31,43H,28H2,1H3,(H,47,48,49). The summed E-state index contributed by atoms with van der Waals surface area (Å²) in [6.45, 7) is 2.25. The summed E-state index contributed by atoms with van der Waals surface area (Å²) in [7, 11) is 0. The SMILES string of the molecule is CC1(C2=NC(c3cccc(-c4ccccc4)c3)N=C(c3cccc(-n4c5ccccc5c5ccc(-c6ccccc6)cc54)c3)N2)C=CC=CC1. The quantitative estimate of drug-likeness (QED) is 0.192. The molecule has 6 aromatic carbocycles. The van der Waals surface area contributed by atoms with Crippen molar-refractivity contribution in [2.45, 2.75) is 19.5 Å². The fraction of sp³-hybridized carbons (Fsp3) is 0.0870. The van der Waals surface area contributed by atoms with Gasteiger partial charge in [0.25, 0.3) is 0 Å². The van der Waals surface area contributed by atoms with Crippen LogP contribution in [-0.2, 0) is 0 Å². The molecule has 0 fully saturated rings. The van der Waals surface area contributed by atoms with Crippen LogP contribution in [0.5, 0.6) is 0 Å². The average Bonchev–Trinajstić information content (AvgIpc) is 3.52. The molecule has 1 N–H and O–H groups in total. The van der Waals surface area contributed by atoms with E-state index in [1.54, 1.807) is 0 Å². The van der Waals surface area contributed by atoms with E-state index in [2.05, 4.69) is 193 Å². The van der Waals surface area contributed by atoms with E-state index in [4.69, 9.17) is 9.98 Å². The summed E-state index contributed by atoms with van der Waals surface area (Å²) in [6.07, 6.45) is 9.18. The van der Waals surface area contributed by atoms with Crippen LogP contribution in [-0.4, -0.2) is 16.2 Å². The van der Waals surface area contributed by atoms with E-state index in [1.807, 2.05) is 0 Å². The fourth-order valence-corrected chi connectivity index (χ4v) is 7.30. The third-order valence-electron chi connectivity index (χ3n) is 9.98. The molecule has 0 bridgehead atoms. The van der Waals surface area contributed by atoms with Gasteiger partial charge in [0.2, 0.25) is 0 Å². The van der Waals surface area contributed by atoms with Gasteiger partial charge in [-0.05, 0) is 71.5 Å². The molecule has 2 aliphatic rings. The minimum atomic E-state index is -0.383. The first-order valence-electron chi connectivity index (χ1n) is 17.3. The number of rotatable bonds is 6. The lowest BCUT2D eigenvalue weighted by Crippen LogP contribution is -2.44. The number of fused-ring (bicyclic) bond motifs is 3. The Labute approximate surface area is 292 Å². The van der Waals surface area contributed by atoms with Crippen molar-refractivity contribution < 1.29 is 0 Å². The lowest BCUT2D eigenvalue weighted by molar-refractivity contribution is 0.570. The summed E-state index contributed by atoms with van der Waals surface area (Å²) < 4.78 is 2.38. The smallest absolute Gasteiger partial charge is 0.169 e. The number of hydrogen-bond donors (Lipinski definition) is 1. The molecule has 0 spiro atoms. The van der Waals surface area contributed by atoms with Crippen molar-refractivity contribution >= 4 is 33.5 Å². The van der Waals surface area contributed by atoms with Gasteiger partial charge in [0.15, 0.2) is 6.17 Å². The van der Waals surface area contributed by atoms with Crippen molar-refractivity contribution in [2.75, 3.05) is 0 Å². The second-order valence-electron chi connectivity index (χ2n) is 13.4. The molecule has 0 saturated heterocycles. The molecule has 50 heavy (non-hydrogen) atoms. The van der Waals surface area contributed by atoms with E-state index in [-0.39, 0.29) is 11.6 Å². The van der Waals surface area contributed by atoms with Crippen LogP contribution in [0.3, 0.4) is 0 Å². The molecule has 1 aromatic heterocycles. The topological polar surface area (TPSA) is 41.7 Å². The Morgan fingerprint density at radius 1 is 0.580 bits per heavy atom. The van der Waals surface area contributed by atoms with E-state index in [9.17, 15) is 0 Å². The summed E-state index contributed by atoms with van der Waals surface area (Å²) >= 11 is 0. The van der Waals surface area contributed by atoms with Gasteiger partial charge in [0, 0.05) is 27.4 Å². The highest BCUT2D eigenvalue weighted by Gasteiger charge is 2.33. The zero-order chi connectivity index (χ0) is 33.5. The van der Waals surface area contributed by atoms with Crippen LogP contribution >= 0.6 is 0 Å². The molecule has 2 atom stereocenters. The molecule has 7 aromatic rings. The molecule has 1 aliphatic carbocycles. The van der Waals surface area contributed by atoms with Crippen LogP contribution in [0.2, 0.25) is 0 Å². The summed E-state index contributed by atoms with van der Waals surface area (Å²) in [5, 5.41) is 6.18. The number of benzene rings is 6. The molecule has 0 amide bonds. The van der Waals surface area contributed by atoms with Gasteiger partial charge in [-0.15, -0.1) is 0 Å². The summed E-state index contributed by atoms with van der Waals surface area (Å²) in [5.41, 5.74) is 9.97. The lowest BCUT2D eigenvalue weighted by atomic mass is 9.82. The second kappa shape index (κ2) is 12.3. The van der Waals surface area contributed by atoms with Crippen molar-refractivity contribution in [3.8, 4) is 27.9 Å². The van der Waals surface area contributed by atoms with Crippen molar-refractivity contribution in [3.63, 3.8) is 0 Å². The third kappa shape index (κ3) is 5.36. The predicted molar refractivity (Wildman–Crippen MR) is 209 cm³/mol.